The summed E-state index contributed by atoms with van der Waals surface area (Å²) >= 11 is 0. The summed E-state index contributed by atoms with van der Waals surface area (Å²) in [6.45, 7) is 1.22. The van der Waals surface area contributed by atoms with Crippen LogP contribution in [0.2, 0.25) is 0 Å². The second-order valence-electron chi connectivity index (χ2n) is 6.16. The molecule has 3 rings (SSSR count). The molecule has 1 atom stereocenters. The van der Waals surface area contributed by atoms with Crippen LogP contribution in [0.4, 0.5) is 0 Å². The largest absolute Gasteiger partial charge is 0.484 e. The monoisotopic (exact) mass is 342 g/mol. The summed E-state index contributed by atoms with van der Waals surface area (Å²) in [4.78, 5) is 25.7. The van der Waals surface area contributed by atoms with Gasteiger partial charge in [0.1, 0.15) is 5.75 Å². The molecule has 1 unspecified atom stereocenters. The first kappa shape index (κ1) is 17.0. The summed E-state index contributed by atoms with van der Waals surface area (Å²) in [7, 11) is 0. The number of nitrogens with two attached hydrogens (primary N) is 1. The molecule has 2 N–H and O–H groups in total. The van der Waals surface area contributed by atoms with Crippen molar-refractivity contribution in [3.05, 3.63) is 48.3 Å². The average Bonchev–Trinajstić information content (AvgIpc) is 3.13. The van der Waals surface area contributed by atoms with Gasteiger partial charge in [0.2, 0.25) is 0 Å². The normalized spacial score (nSPS) is 17.3. The highest BCUT2D eigenvalue weighted by molar-refractivity contribution is 5.95. The molecule has 1 aromatic heterocycles. The minimum atomic E-state index is -0.549. The Morgan fingerprint density at radius 1 is 1.28 bits per heavy atom. The lowest BCUT2D eigenvalue weighted by atomic mass is 10.0. The van der Waals surface area contributed by atoms with E-state index in [2.05, 4.69) is 5.10 Å². The van der Waals surface area contributed by atoms with Crippen molar-refractivity contribution in [3.63, 3.8) is 0 Å². The van der Waals surface area contributed by atoms with Crippen LogP contribution in [0.1, 0.15) is 29.6 Å². The van der Waals surface area contributed by atoms with Gasteiger partial charge in [0.05, 0.1) is 12.6 Å². The molecule has 1 aromatic carbocycles. The fraction of sp³-hybridized carbons (Fsp3) is 0.389. The van der Waals surface area contributed by atoms with Gasteiger partial charge < -0.3 is 15.4 Å². The number of piperidine rings is 1. The molecule has 2 aromatic rings. The maximum absolute atomic E-state index is 13.0. The summed E-state index contributed by atoms with van der Waals surface area (Å²) in [6, 6.07) is 8.88. The molecule has 2 heterocycles. The van der Waals surface area contributed by atoms with E-state index in [9.17, 15) is 9.59 Å². The van der Waals surface area contributed by atoms with E-state index in [1.54, 1.807) is 30.5 Å². The number of carbonyl (C=O) groups excluding carboxylic acids is 2. The molecule has 1 saturated heterocycles. The molecule has 1 aliphatic rings. The summed E-state index contributed by atoms with van der Waals surface area (Å²) in [5.41, 5.74) is 5.64. The van der Waals surface area contributed by atoms with E-state index in [0.717, 1.165) is 25.8 Å². The minimum absolute atomic E-state index is 0.0265. The maximum Gasteiger partial charge on any atom is 0.255 e. The molecule has 0 radical (unpaired) electrons. The van der Waals surface area contributed by atoms with Gasteiger partial charge in [-0.2, -0.15) is 5.10 Å². The van der Waals surface area contributed by atoms with Gasteiger partial charge >= 0.3 is 0 Å². The van der Waals surface area contributed by atoms with Crippen LogP contribution in [0.15, 0.2) is 42.7 Å². The SMILES string of the molecule is NC(=O)COc1cccc(C(=O)N2CCCCC2Cn2cccn2)c1. The van der Waals surface area contributed by atoms with Gasteiger partial charge in [-0.05, 0) is 43.5 Å². The summed E-state index contributed by atoms with van der Waals surface area (Å²) in [5, 5.41) is 4.25. The Hall–Kier alpha value is -2.83. The lowest BCUT2D eigenvalue weighted by molar-refractivity contribution is -0.119. The Bertz CT molecular complexity index is 730. The standard InChI is InChI=1S/C18H22N4O3/c19-17(23)13-25-16-7-3-5-14(11-16)18(24)22-10-2-1-6-15(22)12-21-9-4-8-20-21/h3-5,7-9,11,15H,1-2,6,10,12-13H2,(H2,19,23). The molecular formula is C18H22N4O3. The minimum Gasteiger partial charge on any atom is -0.484 e. The average molecular weight is 342 g/mol. The maximum atomic E-state index is 13.0. The van der Waals surface area contributed by atoms with Gasteiger partial charge in [-0.25, -0.2) is 0 Å². The lowest BCUT2D eigenvalue weighted by Crippen LogP contribution is -2.45. The van der Waals surface area contributed by atoms with Gasteiger partial charge in [0.15, 0.2) is 6.61 Å². The van der Waals surface area contributed by atoms with Crippen LogP contribution in [0.3, 0.4) is 0 Å². The molecule has 25 heavy (non-hydrogen) atoms. The number of amides is 2. The van der Waals surface area contributed by atoms with Crippen LogP contribution in [0.5, 0.6) is 5.75 Å². The number of ether oxygens (including phenoxy) is 1. The molecule has 0 bridgehead atoms. The number of nitrogens with zero attached hydrogens (tertiary/aromatic N) is 3. The zero-order chi connectivity index (χ0) is 17.6. The smallest absolute Gasteiger partial charge is 0.255 e. The van der Waals surface area contributed by atoms with E-state index >= 15 is 0 Å². The van der Waals surface area contributed by atoms with Crippen molar-refractivity contribution in [2.45, 2.75) is 31.8 Å². The molecule has 1 fully saturated rings. The third-order valence-corrected chi connectivity index (χ3v) is 4.31. The summed E-state index contributed by atoms with van der Waals surface area (Å²) in [6.07, 6.45) is 6.73. The fourth-order valence-corrected chi connectivity index (χ4v) is 3.12. The molecule has 0 aliphatic carbocycles. The molecular weight excluding hydrogens is 320 g/mol. The third kappa shape index (κ3) is 4.37. The first-order valence-corrected chi connectivity index (χ1v) is 8.43. The highest BCUT2D eigenvalue weighted by Gasteiger charge is 2.28. The number of rotatable bonds is 6. The predicted octanol–water partition coefficient (Wildman–Crippen LogP) is 1.44. The number of primary amides is 1. The first-order valence-electron chi connectivity index (χ1n) is 8.43. The molecule has 1 aliphatic heterocycles. The highest BCUT2D eigenvalue weighted by Crippen LogP contribution is 2.22. The zero-order valence-corrected chi connectivity index (χ0v) is 14.0. The van der Waals surface area contributed by atoms with Crippen LogP contribution in [-0.2, 0) is 11.3 Å². The van der Waals surface area contributed by atoms with Gasteiger partial charge in [-0.1, -0.05) is 6.07 Å². The van der Waals surface area contributed by atoms with E-state index in [0.29, 0.717) is 17.9 Å². The Balaban J connectivity index is 1.73. The number of likely N-dealkylation sites (tertiary alicyclic amines) is 1. The van der Waals surface area contributed by atoms with Crippen molar-refractivity contribution in [2.24, 2.45) is 5.73 Å². The van der Waals surface area contributed by atoms with E-state index in [1.807, 2.05) is 21.8 Å². The predicted molar refractivity (Wildman–Crippen MR) is 92.0 cm³/mol. The molecule has 7 nitrogen and oxygen atoms in total. The molecule has 7 heteroatoms. The van der Waals surface area contributed by atoms with Gasteiger partial charge in [0, 0.05) is 24.5 Å². The molecule has 132 valence electrons. The van der Waals surface area contributed by atoms with E-state index in [-0.39, 0.29) is 18.6 Å². The zero-order valence-electron chi connectivity index (χ0n) is 14.0. The second kappa shape index (κ2) is 7.83. The van der Waals surface area contributed by atoms with Crippen molar-refractivity contribution in [1.82, 2.24) is 14.7 Å². The second-order valence-corrected chi connectivity index (χ2v) is 6.16. The van der Waals surface area contributed by atoms with E-state index in [4.69, 9.17) is 10.5 Å². The first-order chi connectivity index (χ1) is 12.1. The van der Waals surface area contributed by atoms with Crippen molar-refractivity contribution in [2.75, 3.05) is 13.2 Å². The van der Waals surface area contributed by atoms with Gasteiger partial charge in [0.25, 0.3) is 11.8 Å². The number of benzene rings is 1. The van der Waals surface area contributed by atoms with Crippen LogP contribution >= 0.6 is 0 Å². The number of aromatic nitrogens is 2. The molecule has 0 saturated carbocycles. The van der Waals surface area contributed by atoms with Crippen LogP contribution in [-0.4, -0.2) is 45.7 Å². The fourth-order valence-electron chi connectivity index (χ4n) is 3.12. The van der Waals surface area contributed by atoms with Gasteiger partial charge in [-0.3, -0.25) is 14.3 Å². The molecule has 2 amide bonds. The van der Waals surface area contributed by atoms with E-state index < -0.39 is 5.91 Å². The van der Waals surface area contributed by atoms with Crippen molar-refractivity contribution < 1.29 is 14.3 Å². The third-order valence-electron chi connectivity index (χ3n) is 4.31. The number of hydrogen-bond donors (Lipinski definition) is 1. The Kier molecular flexibility index (Phi) is 5.33. The lowest BCUT2D eigenvalue weighted by Gasteiger charge is -2.35. The van der Waals surface area contributed by atoms with Crippen molar-refractivity contribution >= 4 is 11.8 Å². The van der Waals surface area contributed by atoms with Crippen LogP contribution < -0.4 is 10.5 Å². The highest BCUT2D eigenvalue weighted by atomic mass is 16.5. The molecule has 0 spiro atoms. The Morgan fingerprint density at radius 2 is 2.16 bits per heavy atom. The van der Waals surface area contributed by atoms with Crippen LogP contribution in [0, 0.1) is 0 Å². The van der Waals surface area contributed by atoms with Crippen LogP contribution in [0.25, 0.3) is 0 Å². The number of hydrogen-bond acceptors (Lipinski definition) is 4. The van der Waals surface area contributed by atoms with Crippen molar-refractivity contribution in [3.8, 4) is 5.75 Å². The van der Waals surface area contributed by atoms with E-state index in [1.165, 1.54) is 0 Å². The summed E-state index contributed by atoms with van der Waals surface area (Å²) in [5.74, 6) is -0.112. The Morgan fingerprint density at radius 3 is 2.92 bits per heavy atom. The number of carbonyl (C=O) groups is 2. The topological polar surface area (TPSA) is 90.5 Å². The van der Waals surface area contributed by atoms with Gasteiger partial charge in [-0.15, -0.1) is 0 Å². The van der Waals surface area contributed by atoms with Crippen molar-refractivity contribution in [1.29, 1.82) is 0 Å². The Labute approximate surface area is 146 Å². The summed E-state index contributed by atoms with van der Waals surface area (Å²) < 4.78 is 7.16. The quantitative estimate of drug-likeness (QED) is 0.860.